The predicted molar refractivity (Wildman–Crippen MR) is 34.3 cm³/mol. The molecule has 1 aromatic rings. The number of halogens is 1. The maximum Gasteiger partial charge on any atom is 0.327 e. The van der Waals surface area contributed by atoms with E-state index >= 15 is 0 Å². The largest absolute Gasteiger partial charge is 0.327 e. The molecule has 0 aliphatic carbocycles. The van der Waals surface area contributed by atoms with Gasteiger partial charge in [0.2, 0.25) is 0 Å². The lowest BCUT2D eigenvalue weighted by atomic mass is 10.4. The van der Waals surface area contributed by atoms with Gasteiger partial charge < -0.3 is 0 Å². The fraction of sp³-hybridized carbons (Fsp3) is 0. The molecule has 5 heteroatoms. The molecule has 0 heterocycles. The summed E-state index contributed by atoms with van der Waals surface area (Å²) in [5.74, 6) is -1.01. The topological polar surface area (TPSA) is 54.0 Å². The van der Waals surface area contributed by atoms with Crippen molar-refractivity contribution >= 4 is 10.1 Å². The van der Waals surface area contributed by atoms with E-state index in [0.717, 1.165) is 12.1 Å². The standard InChI is InChI=1S/C6H4FO3S/c7-5-3-1-2-4-6(5)11(8,9)10/h1-4H. The van der Waals surface area contributed by atoms with Crippen molar-refractivity contribution in [2.24, 2.45) is 0 Å². The fourth-order valence-electron chi connectivity index (χ4n) is 0.647. The molecule has 1 rings (SSSR count). The van der Waals surface area contributed by atoms with Crippen LogP contribution in [0.15, 0.2) is 29.2 Å². The summed E-state index contributed by atoms with van der Waals surface area (Å²) in [6.45, 7) is 0. The van der Waals surface area contributed by atoms with Crippen molar-refractivity contribution < 1.29 is 17.4 Å². The third-order valence-electron chi connectivity index (χ3n) is 1.11. The molecule has 0 fully saturated rings. The van der Waals surface area contributed by atoms with E-state index in [1.165, 1.54) is 12.1 Å². The van der Waals surface area contributed by atoms with Crippen LogP contribution < -0.4 is 0 Å². The Morgan fingerprint density at radius 3 is 2.09 bits per heavy atom. The van der Waals surface area contributed by atoms with E-state index in [-0.39, 0.29) is 0 Å². The van der Waals surface area contributed by atoms with Gasteiger partial charge >= 0.3 is 10.1 Å². The van der Waals surface area contributed by atoms with Crippen molar-refractivity contribution in [3.63, 3.8) is 0 Å². The third kappa shape index (κ3) is 1.75. The van der Waals surface area contributed by atoms with Crippen LogP contribution in [0.5, 0.6) is 0 Å². The molecule has 0 aromatic heterocycles. The monoisotopic (exact) mass is 175 g/mol. The van der Waals surface area contributed by atoms with Crippen LogP contribution in [0.1, 0.15) is 0 Å². The van der Waals surface area contributed by atoms with E-state index in [0.29, 0.717) is 0 Å². The lowest BCUT2D eigenvalue weighted by Gasteiger charge is -1.94. The Hall–Kier alpha value is -0.940. The summed E-state index contributed by atoms with van der Waals surface area (Å²) in [5, 5.41) is 0. The number of benzene rings is 1. The Bertz CT molecular complexity index is 358. The first-order valence-electron chi connectivity index (χ1n) is 2.72. The molecule has 0 saturated heterocycles. The van der Waals surface area contributed by atoms with Gasteiger partial charge in [0.25, 0.3) is 0 Å². The van der Waals surface area contributed by atoms with Crippen molar-refractivity contribution in [1.29, 1.82) is 0 Å². The van der Waals surface area contributed by atoms with E-state index in [1.807, 2.05) is 0 Å². The Kier molecular flexibility index (Phi) is 1.92. The van der Waals surface area contributed by atoms with Crippen molar-refractivity contribution in [2.75, 3.05) is 0 Å². The van der Waals surface area contributed by atoms with Crippen LogP contribution in [-0.2, 0) is 14.7 Å². The van der Waals surface area contributed by atoms with Gasteiger partial charge in [0.15, 0.2) is 0 Å². The molecule has 0 spiro atoms. The molecule has 0 amide bonds. The van der Waals surface area contributed by atoms with Crippen molar-refractivity contribution in [1.82, 2.24) is 0 Å². The summed E-state index contributed by atoms with van der Waals surface area (Å²) < 4.78 is 43.3. The zero-order valence-electron chi connectivity index (χ0n) is 5.32. The number of hydrogen-bond donors (Lipinski definition) is 0. The number of rotatable bonds is 1. The summed E-state index contributed by atoms with van der Waals surface area (Å²) >= 11 is 0. The van der Waals surface area contributed by atoms with Gasteiger partial charge in [0.1, 0.15) is 10.7 Å². The first-order valence-corrected chi connectivity index (χ1v) is 4.13. The molecule has 1 aromatic carbocycles. The van der Waals surface area contributed by atoms with Crippen LogP contribution in [0.25, 0.3) is 0 Å². The molecular weight excluding hydrogens is 171 g/mol. The normalized spacial score (nSPS) is 11.5. The molecule has 0 bridgehead atoms. The van der Waals surface area contributed by atoms with Gasteiger partial charge in [-0.25, -0.2) is 4.39 Å². The van der Waals surface area contributed by atoms with E-state index in [9.17, 15) is 17.4 Å². The molecule has 0 atom stereocenters. The van der Waals surface area contributed by atoms with Gasteiger partial charge in [0, 0.05) is 0 Å². The molecular formula is C6H4FO3S. The molecule has 3 nitrogen and oxygen atoms in total. The highest BCUT2D eigenvalue weighted by Crippen LogP contribution is 2.12. The van der Waals surface area contributed by atoms with Crippen LogP contribution in [0.4, 0.5) is 4.39 Å². The minimum atomic E-state index is -4.66. The SMILES string of the molecule is [O]S(=O)(=O)c1ccccc1F. The quantitative estimate of drug-likeness (QED) is 0.637. The van der Waals surface area contributed by atoms with E-state index in [2.05, 4.69) is 0 Å². The maximum absolute atomic E-state index is 12.5. The molecule has 11 heavy (non-hydrogen) atoms. The zero-order chi connectivity index (χ0) is 8.48. The summed E-state index contributed by atoms with van der Waals surface area (Å²) in [4.78, 5) is -0.806. The Morgan fingerprint density at radius 1 is 1.18 bits per heavy atom. The Labute approximate surface area is 63.2 Å². The second kappa shape index (κ2) is 2.60. The maximum atomic E-state index is 12.5. The molecule has 0 saturated carbocycles. The molecule has 1 radical (unpaired) electrons. The van der Waals surface area contributed by atoms with Crippen LogP contribution >= 0.6 is 0 Å². The highest BCUT2D eigenvalue weighted by Gasteiger charge is 2.15. The average molecular weight is 175 g/mol. The lowest BCUT2D eigenvalue weighted by molar-refractivity contribution is 0.409. The lowest BCUT2D eigenvalue weighted by Crippen LogP contribution is -1.98. The summed E-state index contributed by atoms with van der Waals surface area (Å²) in [6, 6.07) is 4.44. The molecule has 0 N–H and O–H groups in total. The second-order valence-electron chi connectivity index (χ2n) is 1.88. The summed E-state index contributed by atoms with van der Waals surface area (Å²) in [6.07, 6.45) is 0. The van der Waals surface area contributed by atoms with Gasteiger partial charge in [-0.15, -0.1) is 0 Å². The van der Waals surface area contributed by atoms with Gasteiger partial charge in [-0.3, -0.25) is 0 Å². The van der Waals surface area contributed by atoms with Gasteiger partial charge in [-0.1, -0.05) is 16.7 Å². The van der Waals surface area contributed by atoms with E-state index < -0.39 is 20.8 Å². The van der Waals surface area contributed by atoms with Crippen LogP contribution in [-0.4, -0.2) is 8.42 Å². The molecule has 59 valence electrons. The van der Waals surface area contributed by atoms with Crippen LogP contribution in [0, 0.1) is 5.82 Å². The Morgan fingerprint density at radius 2 is 1.73 bits per heavy atom. The van der Waals surface area contributed by atoms with Gasteiger partial charge in [-0.05, 0) is 12.1 Å². The van der Waals surface area contributed by atoms with Crippen molar-refractivity contribution in [2.45, 2.75) is 4.90 Å². The average Bonchev–Trinajstić information content (AvgIpc) is 1.86. The third-order valence-corrected chi connectivity index (χ3v) is 1.98. The summed E-state index contributed by atoms with van der Waals surface area (Å²) in [5.41, 5.74) is 0. The Balaban J connectivity index is 3.37. The fourth-order valence-corrected chi connectivity index (χ4v) is 1.20. The molecule has 0 aliphatic heterocycles. The van der Waals surface area contributed by atoms with Gasteiger partial charge in [0.05, 0.1) is 0 Å². The van der Waals surface area contributed by atoms with Crippen LogP contribution in [0.2, 0.25) is 0 Å². The minimum absolute atomic E-state index is 0.806. The van der Waals surface area contributed by atoms with Crippen molar-refractivity contribution in [3.05, 3.63) is 30.1 Å². The van der Waals surface area contributed by atoms with Crippen LogP contribution in [0.3, 0.4) is 0 Å². The minimum Gasteiger partial charge on any atom is -0.205 e. The second-order valence-corrected chi connectivity index (χ2v) is 3.23. The predicted octanol–water partition coefficient (Wildman–Crippen LogP) is 0.945. The van der Waals surface area contributed by atoms with Gasteiger partial charge in [-0.2, -0.15) is 8.42 Å². The first kappa shape index (κ1) is 8.16. The van der Waals surface area contributed by atoms with E-state index in [4.69, 9.17) is 0 Å². The molecule has 0 unspecified atom stereocenters. The number of hydrogen-bond acceptors (Lipinski definition) is 2. The first-order chi connectivity index (χ1) is 5.02. The van der Waals surface area contributed by atoms with Crippen molar-refractivity contribution in [3.8, 4) is 0 Å². The van der Waals surface area contributed by atoms with E-state index in [1.54, 1.807) is 0 Å². The highest BCUT2D eigenvalue weighted by molar-refractivity contribution is 7.85. The smallest absolute Gasteiger partial charge is 0.205 e. The summed E-state index contributed by atoms with van der Waals surface area (Å²) in [7, 11) is -4.66. The highest BCUT2D eigenvalue weighted by atomic mass is 32.2. The molecule has 0 aliphatic rings. The zero-order valence-corrected chi connectivity index (χ0v) is 6.14.